The molecule has 1 unspecified atom stereocenters. The summed E-state index contributed by atoms with van der Waals surface area (Å²) in [6, 6.07) is 45.0. The summed E-state index contributed by atoms with van der Waals surface area (Å²) in [5, 5.41) is 0. The Labute approximate surface area is 333 Å². The van der Waals surface area contributed by atoms with E-state index in [0.29, 0.717) is 9.54 Å². The van der Waals surface area contributed by atoms with Gasteiger partial charge in [0.2, 0.25) is 0 Å². The third-order valence-electron chi connectivity index (χ3n) is 11.0. The summed E-state index contributed by atoms with van der Waals surface area (Å²) in [6.45, 7) is 23.4. The van der Waals surface area contributed by atoms with Gasteiger partial charge in [0.05, 0.1) is 0 Å². The van der Waals surface area contributed by atoms with E-state index in [9.17, 15) is 0 Å². The van der Waals surface area contributed by atoms with E-state index >= 15 is 0 Å². The molecule has 266 valence electrons. The summed E-state index contributed by atoms with van der Waals surface area (Å²) in [7, 11) is 0. The molecule has 7 rings (SSSR count). The zero-order valence-electron chi connectivity index (χ0n) is 32.5. The third kappa shape index (κ3) is 7.49. The van der Waals surface area contributed by atoms with Gasteiger partial charge in [-0.05, 0) is 0 Å². The van der Waals surface area contributed by atoms with Crippen molar-refractivity contribution in [2.75, 3.05) is 0 Å². The molecule has 0 saturated carbocycles. The van der Waals surface area contributed by atoms with Gasteiger partial charge in [0.25, 0.3) is 0 Å². The van der Waals surface area contributed by atoms with E-state index in [4.69, 9.17) is 0 Å². The van der Waals surface area contributed by atoms with Gasteiger partial charge in [-0.1, -0.05) is 0 Å². The molecule has 0 radical (unpaired) electrons. The van der Waals surface area contributed by atoms with Crippen molar-refractivity contribution in [2.24, 2.45) is 5.92 Å². The van der Waals surface area contributed by atoms with Crippen molar-refractivity contribution in [3.05, 3.63) is 180 Å². The summed E-state index contributed by atoms with van der Waals surface area (Å²) in [4.78, 5) is 0. The fraction of sp³-hybridized carbons (Fsp3) is 0.286. The standard InChI is InChI=1S/C21H25.C15H14.C13H13.2ClH.Zr/c1-20(2,3)16-9-7-14-11-15-8-10-17(21(4,5)6)13-19(15)18(14)12-16;1-12-3-7-14(8-4-12)11-15-9-5-13(2)6-10-15;1-10-8-11(2)13(9-10)12-6-4-3-5-7-12;;;/h7-13H,1-6H3;3-10H,1-2H3;3-7,9-10H,1-2H3;2*1H;/q;;;;;+2/p-2. The maximum absolute atomic E-state index is 2.97. The smallest absolute Gasteiger partial charge is 1.00 e. The maximum atomic E-state index is 2.57. The second-order valence-electron chi connectivity index (χ2n) is 16.8. The Morgan fingerprint density at radius 3 is 1.42 bits per heavy atom. The molecule has 5 aromatic rings. The van der Waals surface area contributed by atoms with Crippen molar-refractivity contribution in [3.63, 3.8) is 0 Å². The molecule has 0 spiro atoms. The molecule has 0 aromatic heterocycles. The van der Waals surface area contributed by atoms with E-state index in [-0.39, 0.29) is 35.6 Å². The Bertz CT molecular complexity index is 2070. The fourth-order valence-electron chi connectivity index (χ4n) is 8.17. The van der Waals surface area contributed by atoms with E-state index < -0.39 is 21.3 Å². The first kappa shape index (κ1) is 40.1. The van der Waals surface area contributed by atoms with Crippen LogP contribution in [-0.4, -0.2) is 3.21 Å². The topological polar surface area (TPSA) is 0 Å². The molecule has 0 N–H and O–H groups in total. The maximum Gasteiger partial charge on any atom is -1.00 e. The van der Waals surface area contributed by atoms with Crippen LogP contribution in [0.1, 0.15) is 109 Å². The van der Waals surface area contributed by atoms with Crippen LogP contribution in [-0.2, 0) is 32.1 Å². The Morgan fingerprint density at radius 2 is 1.00 bits per heavy atom. The van der Waals surface area contributed by atoms with E-state index in [1.165, 1.54) is 72.3 Å². The third-order valence-corrected chi connectivity index (χ3v) is 20.2. The van der Waals surface area contributed by atoms with Gasteiger partial charge in [-0.2, -0.15) is 0 Å². The molecular formula is C49H52Cl2Zr. The molecule has 2 aliphatic rings. The first-order valence-corrected chi connectivity index (χ1v) is 22.3. The van der Waals surface area contributed by atoms with Crippen LogP contribution in [0, 0.1) is 19.8 Å². The second kappa shape index (κ2) is 15.3. The zero-order valence-corrected chi connectivity index (χ0v) is 36.4. The molecular weight excluding hydrogens is 751 g/mol. The summed E-state index contributed by atoms with van der Waals surface area (Å²) in [5.41, 5.74) is 18.6. The van der Waals surface area contributed by atoms with E-state index in [1.807, 2.05) is 0 Å². The van der Waals surface area contributed by atoms with Crippen LogP contribution in [0.25, 0.3) is 16.7 Å². The molecule has 0 amide bonds. The molecule has 0 fully saturated rings. The van der Waals surface area contributed by atoms with Gasteiger partial charge in [-0.15, -0.1) is 0 Å². The summed E-state index contributed by atoms with van der Waals surface area (Å²) < 4.78 is 3.70. The normalized spacial score (nSPS) is 15.2. The number of aryl methyl sites for hydroxylation is 2. The van der Waals surface area contributed by atoms with Crippen LogP contribution in [0.2, 0.25) is 0 Å². The van der Waals surface area contributed by atoms with Gasteiger partial charge >= 0.3 is 311 Å². The molecule has 0 heterocycles. The molecule has 0 aliphatic heterocycles. The van der Waals surface area contributed by atoms with E-state index in [1.54, 1.807) is 6.49 Å². The molecule has 0 nitrogen and oxygen atoms in total. The van der Waals surface area contributed by atoms with Gasteiger partial charge in [0.1, 0.15) is 0 Å². The largest absolute Gasteiger partial charge is 1.00 e. The molecule has 1 atom stereocenters. The minimum absolute atomic E-state index is 0. The second-order valence-corrected chi connectivity index (χ2v) is 22.8. The summed E-state index contributed by atoms with van der Waals surface area (Å²) in [6.07, 6.45) is 2.57. The summed E-state index contributed by atoms with van der Waals surface area (Å²) >= 11 is -2.97. The Morgan fingerprint density at radius 1 is 0.558 bits per heavy atom. The quantitative estimate of drug-likeness (QED) is 0.182. The number of hydrogen-bond donors (Lipinski definition) is 0. The monoisotopic (exact) mass is 800 g/mol. The van der Waals surface area contributed by atoms with Gasteiger partial charge in [-0.25, -0.2) is 0 Å². The first-order chi connectivity index (χ1) is 23.7. The Hall–Kier alpha value is -3.09. The van der Waals surface area contributed by atoms with Crippen molar-refractivity contribution in [1.82, 2.24) is 0 Å². The number of rotatable bonds is 5. The van der Waals surface area contributed by atoms with Gasteiger partial charge < -0.3 is 24.8 Å². The van der Waals surface area contributed by atoms with Crippen molar-refractivity contribution in [3.8, 4) is 11.1 Å². The van der Waals surface area contributed by atoms with Crippen molar-refractivity contribution >= 4 is 8.78 Å². The molecule has 3 heteroatoms. The number of fused-ring (bicyclic) bond motifs is 3. The van der Waals surface area contributed by atoms with Crippen LogP contribution in [0.5, 0.6) is 0 Å². The molecule has 5 aromatic carbocycles. The van der Waals surface area contributed by atoms with Gasteiger partial charge in [-0.3, -0.25) is 0 Å². The average molecular weight is 803 g/mol. The van der Waals surface area contributed by atoms with Crippen molar-refractivity contribution in [1.29, 1.82) is 0 Å². The van der Waals surface area contributed by atoms with Crippen LogP contribution >= 0.6 is 0 Å². The van der Waals surface area contributed by atoms with Gasteiger partial charge in [0, 0.05) is 0 Å². The Kier molecular flexibility index (Phi) is 11.8. The first-order valence-electron chi connectivity index (χ1n) is 18.4. The van der Waals surface area contributed by atoms with Gasteiger partial charge in [0.15, 0.2) is 0 Å². The SMILES string of the molecule is CC1=[C]([Zr+2](=[C](c2ccc(C)cc2)c2ccc(C)cc2)[CH]2c3ccc(C(C)(C)C)cc3-c3cc(C(C)(C)C)ccc32)C(C)C=C1c1ccccc1.[Cl-].[Cl-]. The predicted octanol–water partition coefficient (Wildman–Crippen LogP) is 6.87. The molecule has 52 heavy (non-hydrogen) atoms. The number of benzene rings is 5. The van der Waals surface area contributed by atoms with Crippen molar-refractivity contribution in [2.45, 2.75) is 83.7 Å². The molecule has 0 bridgehead atoms. The number of allylic oxidation sites excluding steroid dienone is 4. The minimum Gasteiger partial charge on any atom is -1.00 e. The predicted molar refractivity (Wildman–Crippen MR) is 213 cm³/mol. The fourth-order valence-corrected chi connectivity index (χ4v) is 18.2. The minimum atomic E-state index is -2.97. The number of halogens is 2. The summed E-state index contributed by atoms with van der Waals surface area (Å²) in [5.74, 6) is 0.376. The van der Waals surface area contributed by atoms with E-state index in [0.717, 1.165) is 0 Å². The van der Waals surface area contributed by atoms with Crippen molar-refractivity contribution < 1.29 is 46.1 Å². The van der Waals surface area contributed by atoms with Crippen LogP contribution in [0.4, 0.5) is 0 Å². The van der Waals surface area contributed by atoms with Crippen LogP contribution in [0.3, 0.4) is 0 Å². The van der Waals surface area contributed by atoms with Crippen LogP contribution in [0.15, 0.2) is 130 Å². The van der Waals surface area contributed by atoms with E-state index in [2.05, 4.69) is 191 Å². The van der Waals surface area contributed by atoms with Crippen LogP contribution < -0.4 is 24.8 Å². The number of hydrogen-bond acceptors (Lipinski definition) is 0. The molecule has 0 saturated heterocycles. The zero-order chi connectivity index (χ0) is 35.5. The Balaban J connectivity index is 0.00000261. The average Bonchev–Trinajstić information content (AvgIpc) is 3.56. The molecule has 2 aliphatic carbocycles.